The second-order valence-corrected chi connectivity index (χ2v) is 5.58. The first-order valence-corrected chi connectivity index (χ1v) is 7.56. The lowest BCUT2D eigenvalue weighted by atomic mass is 9.93. The number of phenols is 1. The zero-order valence-electron chi connectivity index (χ0n) is 12.9. The second kappa shape index (κ2) is 6.48. The molecule has 4 nitrogen and oxygen atoms in total. The van der Waals surface area contributed by atoms with Crippen LogP contribution >= 0.6 is 0 Å². The highest BCUT2D eigenvalue weighted by Gasteiger charge is 2.12. The predicted octanol–water partition coefficient (Wildman–Crippen LogP) is 3.42. The summed E-state index contributed by atoms with van der Waals surface area (Å²) in [7, 11) is 0. The summed E-state index contributed by atoms with van der Waals surface area (Å²) in [6, 6.07) is 10.9. The number of allylic oxidation sites excluding steroid dienone is 1. The zero-order valence-corrected chi connectivity index (χ0v) is 12.9. The van der Waals surface area contributed by atoms with Crippen molar-refractivity contribution >= 4 is 18.2 Å². The van der Waals surface area contributed by atoms with Crippen molar-refractivity contribution in [1.82, 2.24) is 5.43 Å². The smallest absolute Gasteiger partial charge is 0.271 e. The molecule has 0 radical (unpaired) electrons. The topological polar surface area (TPSA) is 61.7 Å². The van der Waals surface area contributed by atoms with Gasteiger partial charge in [-0.1, -0.05) is 35.9 Å². The second-order valence-electron chi connectivity index (χ2n) is 5.58. The largest absolute Gasteiger partial charge is 0.507 e. The molecule has 2 aromatic rings. The van der Waals surface area contributed by atoms with Crippen LogP contribution in [0.1, 0.15) is 39.0 Å². The van der Waals surface area contributed by atoms with E-state index in [1.165, 1.54) is 11.8 Å². The summed E-state index contributed by atoms with van der Waals surface area (Å²) in [4.78, 5) is 12.0. The SMILES string of the molecule is Cc1ccc(C(=O)N/N=C/c2c(O)ccc3c2C=CCC3)cc1. The van der Waals surface area contributed by atoms with Crippen molar-refractivity contribution in [2.75, 3.05) is 0 Å². The molecule has 3 rings (SSSR count). The number of hydrazone groups is 1. The molecule has 1 aliphatic carbocycles. The lowest BCUT2D eigenvalue weighted by Crippen LogP contribution is -2.17. The third-order valence-electron chi connectivity index (χ3n) is 3.89. The Kier molecular flexibility index (Phi) is 4.24. The molecule has 1 amide bonds. The third kappa shape index (κ3) is 3.31. The first kappa shape index (κ1) is 15.0. The van der Waals surface area contributed by atoms with Crippen molar-refractivity contribution in [2.45, 2.75) is 19.8 Å². The molecular weight excluding hydrogens is 288 g/mol. The minimum atomic E-state index is -0.277. The quantitative estimate of drug-likeness (QED) is 0.674. The number of carbonyl (C=O) groups excluding carboxylic acids is 1. The molecule has 116 valence electrons. The average Bonchev–Trinajstić information content (AvgIpc) is 2.57. The monoisotopic (exact) mass is 306 g/mol. The zero-order chi connectivity index (χ0) is 16.2. The van der Waals surface area contributed by atoms with Crippen LogP contribution in [0.25, 0.3) is 6.08 Å². The van der Waals surface area contributed by atoms with E-state index in [0.717, 1.165) is 24.0 Å². The summed E-state index contributed by atoms with van der Waals surface area (Å²) >= 11 is 0. The number of fused-ring (bicyclic) bond motifs is 1. The molecule has 0 aromatic heterocycles. The summed E-state index contributed by atoms with van der Waals surface area (Å²) in [6.45, 7) is 1.97. The Balaban J connectivity index is 1.77. The molecule has 1 aliphatic rings. The van der Waals surface area contributed by atoms with Crippen LogP contribution < -0.4 is 5.43 Å². The van der Waals surface area contributed by atoms with Crippen molar-refractivity contribution in [1.29, 1.82) is 0 Å². The van der Waals surface area contributed by atoms with E-state index in [-0.39, 0.29) is 11.7 Å². The summed E-state index contributed by atoms with van der Waals surface area (Å²) in [5, 5.41) is 14.0. The van der Waals surface area contributed by atoms with E-state index in [9.17, 15) is 9.90 Å². The molecular formula is C19H18N2O2. The van der Waals surface area contributed by atoms with Crippen LogP contribution in [0, 0.1) is 6.92 Å². The summed E-state index contributed by atoms with van der Waals surface area (Å²) in [5.41, 5.74) is 6.91. The molecule has 0 bridgehead atoms. The van der Waals surface area contributed by atoms with Crippen molar-refractivity contribution in [3.63, 3.8) is 0 Å². The fourth-order valence-corrected chi connectivity index (χ4v) is 2.59. The number of nitrogens with one attached hydrogen (secondary N) is 1. The van der Waals surface area contributed by atoms with Gasteiger partial charge in [-0.05, 0) is 49.1 Å². The van der Waals surface area contributed by atoms with E-state index >= 15 is 0 Å². The molecule has 0 unspecified atom stereocenters. The number of hydrogen-bond donors (Lipinski definition) is 2. The van der Waals surface area contributed by atoms with E-state index in [1.807, 2.05) is 31.2 Å². The normalized spacial score (nSPS) is 13.1. The Morgan fingerprint density at radius 1 is 1.22 bits per heavy atom. The van der Waals surface area contributed by atoms with E-state index in [2.05, 4.69) is 16.6 Å². The fourth-order valence-electron chi connectivity index (χ4n) is 2.59. The highest BCUT2D eigenvalue weighted by Crippen LogP contribution is 2.28. The molecule has 2 N–H and O–H groups in total. The lowest BCUT2D eigenvalue weighted by molar-refractivity contribution is 0.0955. The fraction of sp³-hybridized carbons (Fsp3) is 0.158. The van der Waals surface area contributed by atoms with Gasteiger partial charge in [-0.25, -0.2) is 5.43 Å². The van der Waals surface area contributed by atoms with Gasteiger partial charge in [0.15, 0.2) is 0 Å². The van der Waals surface area contributed by atoms with Gasteiger partial charge in [-0.3, -0.25) is 4.79 Å². The molecule has 0 spiro atoms. The van der Waals surface area contributed by atoms with Gasteiger partial charge in [0.05, 0.1) is 6.21 Å². The van der Waals surface area contributed by atoms with Gasteiger partial charge >= 0.3 is 0 Å². The van der Waals surface area contributed by atoms with Gasteiger partial charge < -0.3 is 5.11 Å². The van der Waals surface area contributed by atoms with Gasteiger partial charge in [0.2, 0.25) is 0 Å². The first-order chi connectivity index (χ1) is 11.1. The van der Waals surface area contributed by atoms with Crippen molar-refractivity contribution in [2.24, 2.45) is 5.10 Å². The minimum Gasteiger partial charge on any atom is -0.507 e. The van der Waals surface area contributed by atoms with Crippen LogP contribution in [0.5, 0.6) is 5.75 Å². The highest BCUT2D eigenvalue weighted by molar-refractivity contribution is 5.96. The van der Waals surface area contributed by atoms with Gasteiger partial charge in [0, 0.05) is 11.1 Å². The van der Waals surface area contributed by atoms with Gasteiger partial charge in [-0.15, -0.1) is 0 Å². The van der Waals surface area contributed by atoms with Crippen LogP contribution in [0.3, 0.4) is 0 Å². The minimum absolute atomic E-state index is 0.156. The number of benzene rings is 2. The van der Waals surface area contributed by atoms with E-state index in [4.69, 9.17) is 0 Å². The summed E-state index contributed by atoms with van der Waals surface area (Å²) < 4.78 is 0. The maximum Gasteiger partial charge on any atom is 0.271 e. The van der Waals surface area contributed by atoms with Crippen molar-refractivity contribution in [3.05, 3.63) is 70.3 Å². The summed E-state index contributed by atoms with van der Waals surface area (Å²) in [6.07, 6.45) is 7.50. The molecule has 0 aliphatic heterocycles. The van der Waals surface area contributed by atoms with Crippen molar-refractivity contribution in [3.8, 4) is 5.75 Å². The number of phenolic OH excluding ortho intramolecular Hbond substituents is 1. The molecule has 2 aromatic carbocycles. The molecule has 0 atom stereocenters. The lowest BCUT2D eigenvalue weighted by Gasteiger charge is -2.13. The maximum atomic E-state index is 12.0. The molecule has 4 heteroatoms. The molecule has 0 heterocycles. The Labute approximate surface area is 135 Å². The van der Waals surface area contributed by atoms with Crippen LogP contribution in [0.4, 0.5) is 0 Å². The predicted molar refractivity (Wildman–Crippen MR) is 91.7 cm³/mol. The highest BCUT2D eigenvalue weighted by atomic mass is 16.3. The number of carbonyl (C=O) groups is 1. The average molecular weight is 306 g/mol. The van der Waals surface area contributed by atoms with E-state index in [1.54, 1.807) is 18.2 Å². The first-order valence-electron chi connectivity index (χ1n) is 7.56. The van der Waals surface area contributed by atoms with E-state index in [0.29, 0.717) is 11.1 Å². The van der Waals surface area contributed by atoms with Crippen LogP contribution in [-0.4, -0.2) is 17.2 Å². The van der Waals surface area contributed by atoms with Gasteiger partial charge in [0.25, 0.3) is 5.91 Å². The standard InChI is InChI=1S/C19H18N2O2/c1-13-6-8-15(9-7-13)19(23)21-20-12-17-16-5-3-2-4-14(16)10-11-18(17)22/h3,5-12,22H,2,4H2,1H3,(H,21,23)/b20-12+. The Hall–Kier alpha value is -2.88. The van der Waals surface area contributed by atoms with E-state index < -0.39 is 0 Å². The number of nitrogens with zero attached hydrogens (tertiary/aromatic N) is 1. The van der Waals surface area contributed by atoms with Crippen LogP contribution in [0.2, 0.25) is 0 Å². The van der Waals surface area contributed by atoms with Gasteiger partial charge in [0.1, 0.15) is 5.75 Å². The number of rotatable bonds is 3. The third-order valence-corrected chi connectivity index (χ3v) is 3.89. The molecule has 0 saturated heterocycles. The van der Waals surface area contributed by atoms with Crippen LogP contribution in [0.15, 0.2) is 47.6 Å². The Morgan fingerprint density at radius 3 is 2.78 bits per heavy atom. The molecule has 0 fully saturated rings. The summed E-state index contributed by atoms with van der Waals surface area (Å²) in [5.74, 6) is -0.121. The Bertz CT molecular complexity index is 790. The Morgan fingerprint density at radius 2 is 2.00 bits per heavy atom. The number of hydrogen-bond acceptors (Lipinski definition) is 3. The van der Waals surface area contributed by atoms with Crippen molar-refractivity contribution < 1.29 is 9.90 Å². The number of aromatic hydroxyl groups is 1. The molecule has 23 heavy (non-hydrogen) atoms. The number of amides is 1. The van der Waals surface area contributed by atoms with Crippen LogP contribution in [-0.2, 0) is 6.42 Å². The van der Waals surface area contributed by atoms with Gasteiger partial charge in [-0.2, -0.15) is 5.10 Å². The molecule has 0 saturated carbocycles. The number of aryl methyl sites for hydroxylation is 2. The maximum absolute atomic E-state index is 12.0.